The number of hydrogen-bond acceptors (Lipinski definition) is 4. The minimum Gasteiger partial charge on any atom is -0.481 e. The van der Waals surface area contributed by atoms with Crippen LogP contribution in [0.2, 0.25) is 0 Å². The average molecular weight is 450 g/mol. The van der Waals surface area contributed by atoms with Gasteiger partial charge in [-0.1, -0.05) is 45.4 Å². The van der Waals surface area contributed by atoms with Crippen molar-refractivity contribution in [1.29, 1.82) is 0 Å². The quantitative estimate of drug-likeness (QED) is 0.131. The fourth-order valence-electron chi connectivity index (χ4n) is 3.02. The SMILES string of the molecule is CCCCCCCCC/C=C\CCCCCCC[C](=O)[Na].NC(CCC(=O)O)C(=O)O. The molecule has 0 radical (unpaired) electrons. The Bertz CT molecular complexity index is 483. The summed E-state index contributed by atoms with van der Waals surface area (Å²) >= 11 is 0.742. The molecule has 31 heavy (non-hydrogen) atoms. The molecule has 7 heteroatoms. The van der Waals surface area contributed by atoms with Gasteiger partial charge in [-0.2, -0.15) is 0 Å². The van der Waals surface area contributed by atoms with Crippen molar-refractivity contribution in [3.8, 4) is 0 Å². The summed E-state index contributed by atoms with van der Waals surface area (Å²) < 4.78 is 0.475. The molecule has 0 fully saturated rings. The van der Waals surface area contributed by atoms with Gasteiger partial charge in [0.25, 0.3) is 0 Å². The normalized spacial score (nSPS) is 11.7. The molecule has 6 nitrogen and oxygen atoms in total. The van der Waals surface area contributed by atoms with E-state index in [0.717, 1.165) is 40.8 Å². The monoisotopic (exact) mass is 449 g/mol. The number of nitrogens with two attached hydrogens (primary N) is 1. The molecule has 1 atom stereocenters. The summed E-state index contributed by atoms with van der Waals surface area (Å²) in [5.74, 6) is -2.20. The van der Waals surface area contributed by atoms with Gasteiger partial charge >= 0.3 is 118 Å². The van der Waals surface area contributed by atoms with Crippen LogP contribution in [-0.4, -0.2) is 59.2 Å². The summed E-state index contributed by atoms with van der Waals surface area (Å²) in [6.45, 7) is 2.28. The van der Waals surface area contributed by atoms with Gasteiger partial charge in [-0.15, -0.1) is 0 Å². The third-order valence-electron chi connectivity index (χ3n) is 5.03. The van der Waals surface area contributed by atoms with Crippen molar-refractivity contribution in [3.63, 3.8) is 0 Å². The molecule has 0 aliphatic heterocycles. The van der Waals surface area contributed by atoms with E-state index < -0.39 is 18.0 Å². The van der Waals surface area contributed by atoms with E-state index in [1.165, 1.54) is 83.5 Å². The number of aliphatic carboxylic acids is 2. The molecule has 1 unspecified atom stereocenters. The van der Waals surface area contributed by atoms with E-state index in [2.05, 4.69) is 19.1 Å². The smallest absolute Gasteiger partial charge is 0.320 e. The Morgan fingerprint density at radius 2 is 1.23 bits per heavy atom. The maximum atomic E-state index is 10.8. The fourth-order valence-corrected chi connectivity index (χ4v) is 3.38. The Balaban J connectivity index is 0. The first kappa shape index (κ1) is 32.5. The Morgan fingerprint density at radius 1 is 0.774 bits per heavy atom. The molecule has 0 aromatic carbocycles. The summed E-state index contributed by atoms with van der Waals surface area (Å²) in [4.78, 5) is 30.7. The number of carboxylic acid groups (broad SMARTS) is 2. The largest absolute Gasteiger partial charge is 0.481 e. The summed E-state index contributed by atoms with van der Waals surface area (Å²) in [5.41, 5.74) is 5.00. The van der Waals surface area contributed by atoms with Crippen LogP contribution in [0.15, 0.2) is 12.2 Å². The van der Waals surface area contributed by atoms with Gasteiger partial charge in [0.05, 0.1) is 0 Å². The Hall–Kier alpha value is -0.690. The Labute approximate surface area is 206 Å². The molecule has 0 spiro atoms. The standard InChI is InChI=1S/C19H35O.C5H9NO4.Na/c1-2-3-4-5-6-7-8-9-10-11-12-13-14-15-16-17-18-19-20;6-3(5(9)10)1-2-4(7)8;/h10-11H,2-9,12-18H2,1H3;3H,1-2,6H2,(H,7,8)(H,9,10);/b11-10-;;. The first-order valence-electron chi connectivity index (χ1n) is 12.2. The minimum absolute atomic E-state index is 0.0231. The van der Waals surface area contributed by atoms with Crippen LogP contribution in [0.1, 0.15) is 116 Å². The molecular weight excluding hydrogens is 405 g/mol. The van der Waals surface area contributed by atoms with Crippen molar-refractivity contribution in [1.82, 2.24) is 0 Å². The van der Waals surface area contributed by atoms with Crippen LogP contribution >= 0.6 is 0 Å². The van der Waals surface area contributed by atoms with Gasteiger partial charge < -0.3 is 15.9 Å². The van der Waals surface area contributed by atoms with Crippen LogP contribution in [0.25, 0.3) is 0 Å². The fraction of sp³-hybridized carbons (Fsp3) is 0.792. The van der Waals surface area contributed by atoms with Gasteiger partial charge in [0, 0.05) is 6.42 Å². The molecule has 0 aromatic rings. The molecule has 0 saturated heterocycles. The molecule has 0 bridgehead atoms. The predicted octanol–water partition coefficient (Wildman–Crippen LogP) is 5.37. The van der Waals surface area contributed by atoms with E-state index in [1.54, 1.807) is 0 Å². The summed E-state index contributed by atoms with van der Waals surface area (Å²) in [5, 5.41) is 16.3. The molecule has 0 saturated carbocycles. The maximum absolute atomic E-state index is 10.8. The van der Waals surface area contributed by atoms with E-state index in [1.807, 2.05) is 0 Å². The zero-order valence-electron chi connectivity index (χ0n) is 19.9. The predicted molar refractivity (Wildman–Crippen MR) is 127 cm³/mol. The minimum atomic E-state index is -1.17. The van der Waals surface area contributed by atoms with Crippen LogP contribution < -0.4 is 5.73 Å². The van der Waals surface area contributed by atoms with Crippen LogP contribution in [0.5, 0.6) is 0 Å². The summed E-state index contributed by atoms with van der Waals surface area (Å²) in [7, 11) is 0. The first-order valence-corrected chi connectivity index (χ1v) is 13.2. The average Bonchev–Trinajstić information content (AvgIpc) is 2.71. The van der Waals surface area contributed by atoms with Gasteiger partial charge in [-0.25, -0.2) is 0 Å². The van der Waals surface area contributed by atoms with Crippen molar-refractivity contribution in [3.05, 3.63) is 12.2 Å². The number of rotatable bonds is 20. The molecular formula is C24H44NNaO5. The van der Waals surface area contributed by atoms with Crippen molar-refractivity contribution in [2.45, 2.75) is 122 Å². The molecule has 0 aromatic heterocycles. The Kier molecular flexibility index (Phi) is 26.8. The molecule has 4 N–H and O–H groups in total. The van der Waals surface area contributed by atoms with Crippen LogP contribution in [0, 0.1) is 0 Å². The first-order chi connectivity index (χ1) is 14.8. The molecule has 0 heterocycles. The number of carboxylic acids is 2. The Morgan fingerprint density at radius 3 is 1.65 bits per heavy atom. The molecule has 0 aliphatic carbocycles. The van der Waals surface area contributed by atoms with Crippen LogP contribution in [0.4, 0.5) is 0 Å². The third kappa shape index (κ3) is 31.6. The van der Waals surface area contributed by atoms with E-state index in [4.69, 9.17) is 15.9 Å². The number of carbonyl (C=O) groups excluding carboxylic acids is 1. The zero-order chi connectivity index (χ0) is 23.7. The van der Waals surface area contributed by atoms with Crippen LogP contribution in [-0.2, 0) is 14.4 Å². The second-order valence-corrected chi connectivity index (χ2v) is 9.38. The van der Waals surface area contributed by atoms with Crippen molar-refractivity contribution >= 4 is 42.9 Å². The van der Waals surface area contributed by atoms with Crippen molar-refractivity contribution < 1.29 is 24.6 Å². The van der Waals surface area contributed by atoms with E-state index >= 15 is 0 Å². The van der Waals surface area contributed by atoms with E-state index in [-0.39, 0.29) is 12.8 Å². The van der Waals surface area contributed by atoms with Crippen molar-refractivity contribution in [2.24, 2.45) is 5.73 Å². The van der Waals surface area contributed by atoms with Crippen molar-refractivity contribution in [2.75, 3.05) is 0 Å². The number of carbonyl (C=O) groups is 3. The van der Waals surface area contributed by atoms with Crippen LogP contribution in [0.3, 0.4) is 0 Å². The molecule has 176 valence electrons. The molecule has 0 amide bonds. The van der Waals surface area contributed by atoms with Gasteiger partial charge in [-0.3, -0.25) is 9.59 Å². The second-order valence-electron chi connectivity index (χ2n) is 8.27. The summed E-state index contributed by atoms with van der Waals surface area (Å²) in [6.07, 6.45) is 24.0. The number of allylic oxidation sites excluding steroid dienone is 2. The van der Waals surface area contributed by atoms with Gasteiger partial charge in [-0.05, 0) is 6.42 Å². The number of hydrogen-bond donors (Lipinski definition) is 3. The topological polar surface area (TPSA) is 118 Å². The molecule has 0 rings (SSSR count). The number of unbranched alkanes of at least 4 members (excludes halogenated alkanes) is 12. The van der Waals surface area contributed by atoms with E-state index in [0.29, 0.717) is 3.03 Å². The molecule has 0 aliphatic rings. The van der Waals surface area contributed by atoms with E-state index in [9.17, 15) is 14.4 Å². The summed E-state index contributed by atoms with van der Waals surface area (Å²) in [6, 6.07) is -1.06. The second kappa shape index (κ2) is 25.6. The third-order valence-corrected chi connectivity index (χ3v) is 5.53. The zero-order valence-corrected chi connectivity index (χ0v) is 21.9. The van der Waals surface area contributed by atoms with Gasteiger partial charge in [0.15, 0.2) is 0 Å². The van der Waals surface area contributed by atoms with Gasteiger partial charge in [0.2, 0.25) is 0 Å². The maximum Gasteiger partial charge on any atom is 0.320 e. The van der Waals surface area contributed by atoms with Gasteiger partial charge in [0.1, 0.15) is 6.04 Å².